The Balaban J connectivity index is 1.46. The Labute approximate surface area is 175 Å². The lowest BCUT2D eigenvalue weighted by molar-refractivity contribution is 0.0860. The molecule has 30 heavy (non-hydrogen) atoms. The summed E-state index contributed by atoms with van der Waals surface area (Å²) in [6.07, 6.45) is 10.1. The molecule has 0 bridgehead atoms. The highest BCUT2D eigenvalue weighted by Gasteiger charge is 2.26. The van der Waals surface area contributed by atoms with Gasteiger partial charge < -0.3 is 14.5 Å². The van der Waals surface area contributed by atoms with Gasteiger partial charge in [0.25, 0.3) is 0 Å². The summed E-state index contributed by atoms with van der Waals surface area (Å²) in [6, 6.07) is 4.05. The summed E-state index contributed by atoms with van der Waals surface area (Å²) in [7, 11) is 0. The van der Waals surface area contributed by atoms with Gasteiger partial charge >= 0.3 is 0 Å². The zero-order chi connectivity index (χ0) is 20.9. The van der Waals surface area contributed by atoms with Crippen molar-refractivity contribution in [3.63, 3.8) is 0 Å². The number of aromatic amines is 1. The van der Waals surface area contributed by atoms with Crippen LogP contribution in [0.5, 0.6) is 0 Å². The molecule has 0 unspecified atom stereocenters. The van der Waals surface area contributed by atoms with Crippen LogP contribution in [-0.4, -0.2) is 42.0 Å². The number of nitrogens with zero attached hydrogens (tertiary/aromatic N) is 5. The zero-order valence-electron chi connectivity index (χ0n) is 17.6. The number of carbonyl (C=O) groups is 1. The second-order valence-corrected chi connectivity index (χ2v) is 9.07. The molecule has 1 aliphatic heterocycles. The Hall–Kier alpha value is -3.22. The van der Waals surface area contributed by atoms with E-state index in [1.807, 2.05) is 32.9 Å². The Morgan fingerprint density at radius 3 is 2.90 bits per heavy atom. The summed E-state index contributed by atoms with van der Waals surface area (Å²) >= 11 is 0. The third-order valence-corrected chi connectivity index (χ3v) is 5.88. The molecular weight excluding hydrogens is 376 g/mol. The van der Waals surface area contributed by atoms with Crippen LogP contribution in [0.1, 0.15) is 55.5 Å². The van der Waals surface area contributed by atoms with Gasteiger partial charge in [0.15, 0.2) is 11.6 Å². The predicted molar refractivity (Wildman–Crippen MR) is 116 cm³/mol. The van der Waals surface area contributed by atoms with E-state index in [1.165, 1.54) is 5.70 Å². The smallest absolute Gasteiger partial charge is 0.171 e. The normalized spacial score (nSPS) is 17.0. The molecule has 0 fully saturated rings. The van der Waals surface area contributed by atoms with E-state index in [0.29, 0.717) is 5.56 Å². The largest absolute Gasteiger partial charge is 0.365 e. The quantitative estimate of drug-likeness (QED) is 0.671. The fourth-order valence-electron chi connectivity index (χ4n) is 4.16. The number of hydrogen-bond acceptors (Lipinski definition) is 5. The van der Waals surface area contributed by atoms with Gasteiger partial charge in [-0.05, 0) is 36.6 Å². The van der Waals surface area contributed by atoms with Gasteiger partial charge in [0, 0.05) is 30.4 Å². The number of hydrogen-bond donors (Lipinski definition) is 1. The highest BCUT2D eigenvalue weighted by atomic mass is 16.1. The van der Waals surface area contributed by atoms with Gasteiger partial charge in [-0.15, -0.1) is 10.2 Å². The molecule has 7 nitrogen and oxygen atoms in total. The van der Waals surface area contributed by atoms with Crippen LogP contribution in [0.3, 0.4) is 0 Å². The molecule has 3 aromatic heterocycles. The summed E-state index contributed by atoms with van der Waals surface area (Å²) in [5, 5.41) is 8.26. The van der Waals surface area contributed by atoms with Crippen molar-refractivity contribution in [1.29, 1.82) is 0 Å². The first-order chi connectivity index (χ1) is 14.4. The van der Waals surface area contributed by atoms with Crippen LogP contribution < -0.4 is 0 Å². The molecule has 3 aromatic rings. The average molecular weight is 403 g/mol. The molecule has 1 N–H and O–H groups in total. The van der Waals surface area contributed by atoms with Crippen molar-refractivity contribution in [3.05, 3.63) is 59.6 Å². The number of H-pyrrole nitrogens is 1. The molecule has 4 heterocycles. The van der Waals surface area contributed by atoms with Gasteiger partial charge in [-0.2, -0.15) is 0 Å². The van der Waals surface area contributed by atoms with E-state index < -0.39 is 5.41 Å². The number of rotatable bonds is 3. The first-order valence-electron chi connectivity index (χ1n) is 10.5. The molecule has 0 aromatic carbocycles. The second-order valence-electron chi connectivity index (χ2n) is 9.07. The first kappa shape index (κ1) is 18.8. The summed E-state index contributed by atoms with van der Waals surface area (Å²) in [5.74, 6) is 1.11. The van der Waals surface area contributed by atoms with Crippen molar-refractivity contribution in [2.75, 3.05) is 6.54 Å². The Morgan fingerprint density at radius 1 is 1.20 bits per heavy atom. The van der Waals surface area contributed by atoms with E-state index in [-0.39, 0.29) is 5.78 Å². The third-order valence-electron chi connectivity index (χ3n) is 5.88. The maximum absolute atomic E-state index is 12.9. The maximum atomic E-state index is 12.9. The average Bonchev–Trinajstić information content (AvgIpc) is 3.38. The summed E-state index contributed by atoms with van der Waals surface area (Å²) in [4.78, 5) is 23.3. The van der Waals surface area contributed by atoms with Crippen molar-refractivity contribution >= 4 is 22.4 Å². The number of carbonyl (C=O) groups excluding carboxylic acids is 1. The van der Waals surface area contributed by atoms with Crippen LogP contribution in [0.25, 0.3) is 16.6 Å². The topological polar surface area (TPSA) is 79.7 Å². The highest BCUT2D eigenvalue weighted by molar-refractivity contribution is 6.09. The van der Waals surface area contributed by atoms with Gasteiger partial charge in [-0.1, -0.05) is 26.8 Å². The number of pyridine rings is 1. The lowest BCUT2D eigenvalue weighted by atomic mass is 9.87. The maximum Gasteiger partial charge on any atom is 0.171 e. The van der Waals surface area contributed by atoms with Crippen molar-refractivity contribution in [1.82, 2.24) is 29.6 Å². The van der Waals surface area contributed by atoms with Crippen LogP contribution in [0.2, 0.25) is 0 Å². The Bertz CT molecular complexity index is 1190. The Kier molecular flexibility index (Phi) is 4.34. The van der Waals surface area contributed by atoms with Gasteiger partial charge in [0.1, 0.15) is 6.33 Å². The number of ketones is 1. The summed E-state index contributed by atoms with van der Waals surface area (Å²) in [5.41, 5.74) is 5.18. The van der Waals surface area contributed by atoms with Gasteiger partial charge in [-0.3, -0.25) is 4.79 Å². The van der Waals surface area contributed by atoms with Gasteiger partial charge in [0.2, 0.25) is 0 Å². The fraction of sp³-hybridized carbons (Fsp3) is 0.391. The van der Waals surface area contributed by atoms with E-state index in [2.05, 4.69) is 36.8 Å². The minimum atomic E-state index is -0.446. The monoisotopic (exact) mass is 402 g/mol. The second kappa shape index (κ2) is 6.93. The predicted octanol–water partition coefficient (Wildman–Crippen LogP) is 3.96. The molecule has 1 aliphatic carbocycles. The molecule has 7 heteroatoms. The minimum Gasteiger partial charge on any atom is -0.365 e. The fourth-order valence-corrected chi connectivity index (χ4v) is 4.16. The van der Waals surface area contributed by atoms with E-state index in [9.17, 15) is 4.79 Å². The van der Waals surface area contributed by atoms with Gasteiger partial charge in [0.05, 0.1) is 28.8 Å². The van der Waals surface area contributed by atoms with E-state index >= 15 is 0 Å². The van der Waals surface area contributed by atoms with Gasteiger partial charge in [-0.25, -0.2) is 4.98 Å². The molecule has 154 valence electrons. The number of Topliss-reactive ketones (excluding diaryl/α,β-unsaturated/α-hetero) is 1. The molecule has 0 spiro atoms. The molecule has 2 aliphatic rings. The zero-order valence-corrected chi connectivity index (χ0v) is 17.6. The lowest BCUT2D eigenvalue weighted by Gasteiger charge is -2.32. The van der Waals surface area contributed by atoms with Crippen LogP contribution >= 0.6 is 0 Å². The van der Waals surface area contributed by atoms with E-state index in [1.54, 1.807) is 12.5 Å². The summed E-state index contributed by atoms with van der Waals surface area (Å²) in [6.45, 7) is 8.47. The van der Waals surface area contributed by atoms with Crippen LogP contribution in [-0.2, 0) is 13.1 Å². The highest BCUT2D eigenvalue weighted by Crippen LogP contribution is 2.31. The van der Waals surface area contributed by atoms with E-state index in [0.717, 1.165) is 60.6 Å². The van der Waals surface area contributed by atoms with Crippen LogP contribution in [0.4, 0.5) is 0 Å². The minimum absolute atomic E-state index is 0.102. The third kappa shape index (κ3) is 3.24. The van der Waals surface area contributed by atoms with Crippen LogP contribution in [0, 0.1) is 5.41 Å². The Morgan fingerprint density at radius 2 is 2.07 bits per heavy atom. The first-order valence-corrected chi connectivity index (χ1v) is 10.5. The molecule has 0 saturated carbocycles. The number of allylic oxidation sites excluding steroid dienone is 4. The summed E-state index contributed by atoms with van der Waals surface area (Å²) < 4.78 is 2.12. The molecule has 0 atom stereocenters. The molecular formula is C23H26N6O. The van der Waals surface area contributed by atoms with Crippen molar-refractivity contribution < 1.29 is 4.79 Å². The van der Waals surface area contributed by atoms with Crippen molar-refractivity contribution in [2.24, 2.45) is 5.41 Å². The molecule has 0 amide bonds. The molecule has 0 saturated heterocycles. The SMILES string of the molecule is CC(C)(C)C(=O)c1c[nH]c2ccc(C3=CCCC(N4CCn5cnnc5C4)=C3)nc12. The standard InChI is InChI=1S/C23H26N6O/c1-23(2,3)22(30)17-12-24-19-8-7-18(26-21(17)19)15-5-4-6-16(11-15)28-9-10-29-14-25-27-20(29)13-28/h5,7-8,11-12,14,24H,4,6,9-10,13H2,1-3H3. The molecule has 5 rings (SSSR count). The lowest BCUT2D eigenvalue weighted by Crippen LogP contribution is -2.33. The number of aromatic nitrogens is 5. The van der Waals surface area contributed by atoms with Crippen molar-refractivity contribution in [2.45, 2.75) is 46.7 Å². The van der Waals surface area contributed by atoms with Crippen molar-refractivity contribution in [3.8, 4) is 0 Å². The van der Waals surface area contributed by atoms with E-state index in [4.69, 9.17) is 4.98 Å². The molecule has 0 radical (unpaired) electrons. The van der Waals surface area contributed by atoms with Crippen LogP contribution in [0.15, 0.2) is 42.5 Å². The number of fused-ring (bicyclic) bond motifs is 2. The number of nitrogens with one attached hydrogen (secondary N) is 1.